The molecule has 0 N–H and O–H groups in total. The van der Waals surface area contributed by atoms with Crippen LogP contribution in [0.2, 0.25) is 0 Å². The van der Waals surface area contributed by atoms with Crippen LogP contribution in [0.15, 0.2) is 54.6 Å². The first kappa shape index (κ1) is 16.5. The van der Waals surface area contributed by atoms with Crippen LogP contribution in [-0.4, -0.2) is 29.1 Å². The number of alkyl halides is 1. The molecule has 1 aliphatic heterocycles. The molecule has 0 bridgehead atoms. The number of hydrogen-bond donors (Lipinski definition) is 0. The molecule has 2 aromatic rings. The van der Waals surface area contributed by atoms with Crippen molar-refractivity contribution in [1.82, 2.24) is 4.90 Å². The smallest absolute Gasteiger partial charge is 0.239 e. The fraction of sp³-hybridized carbons (Fsp3) is 0.316. The lowest BCUT2D eigenvalue weighted by atomic mass is 9.68. The zero-order chi connectivity index (χ0) is 16.3. The van der Waals surface area contributed by atoms with Crippen LogP contribution < -0.4 is 0 Å². The van der Waals surface area contributed by atoms with E-state index in [9.17, 15) is 4.79 Å². The van der Waals surface area contributed by atoms with Gasteiger partial charge in [0.15, 0.2) is 0 Å². The lowest BCUT2D eigenvalue weighted by Crippen LogP contribution is -2.52. The Labute approximate surface area is 150 Å². The van der Waals surface area contributed by atoms with Crippen LogP contribution in [-0.2, 0) is 21.5 Å². The summed E-state index contributed by atoms with van der Waals surface area (Å²) in [7, 11) is 1.64. The van der Waals surface area contributed by atoms with Gasteiger partial charge in [0.25, 0.3) is 0 Å². The standard InChI is InChI=1S/C19H20INO2/c1-23-14-21-13-15-7-5-6-10-17(15)19(11-12-20,18(21)22)16-8-3-2-4-9-16/h2-10H,11-14H2,1H3. The maximum Gasteiger partial charge on any atom is 0.239 e. The average molecular weight is 421 g/mol. The van der Waals surface area contributed by atoms with Gasteiger partial charge in [-0.3, -0.25) is 4.79 Å². The third-order valence-corrected chi connectivity index (χ3v) is 5.05. The van der Waals surface area contributed by atoms with E-state index in [0.29, 0.717) is 13.3 Å². The number of rotatable bonds is 5. The molecule has 3 rings (SSSR count). The van der Waals surface area contributed by atoms with Gasteiger partial charge in [0.1, 0.15) is 12.1 Å². The van der Waals surface area contributed by atoms with Gasteiger partial charge in [0.2, 0.25) is 5.91 Å². The van der Waals surface area contributed by atoms with E-state index in [1.165, 1.54) is 5.56 Å². The molecule has 1 amide bonds. The van der Waals surface area contributed by atoms with Gasteiger partial charge >= 0.3 is 0 Å². The van der Waals surface area contributed by atoms with Crippen LogP contribution in [0.1, 0.15) is 23.1 Å². The van der Waals surface area contributed by atoms with E-state index in [1.54, 1.807) is 7.11 Å². The Morgan fingerprint density at radius 2 is 1.83 bits per heavy atom. The molecule has 120 valence electrons. The zero-order valence-corrected chi connectivity index (χ0v) is 15.3. The SMILES string of the molecule is COCN1Cc2ccccc2C(CCI)(c2ccccc2)C1=O. The van der Waals surface area contributed by atoms with Crippen LogP contribution in [0.5, 0.6) is 0 Å². The highest BCUT2D eigenvalue weighted by atomic mass is 127. The second-order valence-electron chi connectivity index (χ2n) is 5.79. The molecule has 1 atom stereocenters. The Kier molecular flexibility index (Phi) is 5.02. The molecule has 0 fully saturated rings. The van der Waals surface area contributed by atoms with E-state index in [4.69, 9.17) is 4.74 Å². The normalized spacial score (nSPS) is 20.4. The molecule has 0 radical (unpaired) electrons. The van der Waals surface area contributed by atoms with Crippen molar-refractivity contribution in [3.63, 3.8) is 0 Å². The van der Waals surface area contributed by atoms with Crippen molar-refractivity contribution in [2.45, 2.75) is 18.4 Å². The minimum atomic E-state index is -0.615. The van der Waals surface area contributed by atoms with E-state index >= 15 is 0 Å². The predicted molar refractivity (Wildman–Crippen MR) is 99.6 cm³/mol. The average Bonchev–Trinajstić information content (AvgIpc) is 2.59. The lowest BCUT2D eigenvalue weighted by Gasteiger charge is -2.43. The first-order valence-corrected chi connectivity index (χ1v) is 9.25. The molecule has 1 unspecified atom stereocenters. The maximum atomic E-state index is 13.4. The highest BCUT2D eigenvalue weighted by Crippen LogP contribution is 2.43. The van der Waals surface area contributed by atoms with Crippen molar-refractivity contribution >= 4 is 28.5 Å². The number of ether oxygens (including phenoxy) is 1. The number of amides is 1. The number of methoxy groups -OCH3 is 1. The maximum absolute atomic E-state index is 13.4. The summed E-state index contributed by atoms with van der Waals surface area (Å²) in [5.74, 6) is 0.140. The van der Waals surface area contributed by atoms with Gasteiger partial charge in [-0.15, -0.1) is 0 Å². The van der Waals surface area contributed by atoms with Gasteiger partial charge in [-0.1, -0.05) is 77.2 Å². The Morgan fingerprint density at radius 1 is 1.13 bits per heavy atom. The minimum absolute atomic E-state index is 0.140. The quantitative estimate of drug-likeness (QED) is 0.544. The molecule has 2 aromatic carbocycles. The molecule has 0 saturated carbocycles. The van der Waals surface area contributed by atoms with Gasteiger partial charge in [-0.2, -0.15) is 0 Å². The molecule has 1 aliphatic rings. The molecular formula is C19H20INO2. The molecule has 4 heteroatoms. The number of carbonyl (C=O) groups excluding carboxylic acids is 1. The van der Waals surface area contributed by atoms with Crippen molar-refractivity contribution in [3.05, 3.63) is 71.3 Å². The Morgan fingerprint density at radius 3 is 2.52 bits per heavy atom. The summed E-state index contributed by atoms with van der Waals surface area (Å²) in [6.45, 7) is 0.932. The predicted octanol–water partition coefficient (Wildman–Crippen LogP) is 3.74. The van der Waals surface area contributed by atoms with Gasteiger partial charge in [0.05, 0.1) is 0 Å². The van der Waals surface area contributed by atoms with Gasteiger partial charge < -0.3 is 9.64 Å². The first-order chi connectivity index (χ1) is 11.2. The van der Waals surface area contributed by atoms with Crippen molar-refractivity contribution < 1.29 is 9.53 Å². The van der Waals surface area contributed by atoms with Gasteiger partial charge in [-0.05, 0) is 23.1 Å². The fourth-order valence-electron chi connectivity index (χ4n) is 3.53. The first-order valence-electron chi connectivity index (χ1n) is 7.72. The number of nitrogens with zero attached hydrogens (tertiary/aromatic N) is 1. The van der Waals surface area contributed by atoms with Crippen LogP contribution in [0.25, 0.3) is 0 Å². The summed E-state index contributed by atoms with van der Waals surface area (Å²) < 4.78 is 6.19. The van der Waals surface area contributed by atoms with Crippen molar-refractivity contribution in [1.29, 1.82) is 0 Å². The number of hydrogen-bond acceptors (Lipinski definition) is 2. The number of fused-ring (bicyclic) bond motifs is 1. The Hall–Kier alpha value is -1.40. The van der Waals surface area contributed by atoms with Crippen LogP contribution in [0.3, 0.4) is 0 Å². The molecule has 1 heterocycles. The highest BCUT2D eigenvalue weighted by Gasteiger charge is 2.47. The second kappa shape index (κ2) is 7.01. The minimum Gasteiger partial charge on any atom is -0.364 e. The molecule has 0 spiro atoms. The monoisotopic (exact) mass is 421 g/mol. The van der Waals surface area contributed by atoms with Gasteiger partial charge in [0, 0.05) is 18.1 Å². The zero-order valence-electron chi connectivity index (χ0n) is 13.2. The Bertz CT molecular complexity index is 689. The third-order valence-electron chi connectivity index (χ3n) is 4.51. The van der Waals surface area contributed by atoms with Crippen LogP contribution in [0, 0.1) is 0 Å². The number of carbonyl (C=O) groups is 1. The van der Waals surface area contributed by atoms with E-state index in [1.807, 2.05) is 35.2 Å². The second-order valence-corrected chi connectivity index (χ2v) is 6.87. The summed E-state index contributed by atoms with van der Waals surface area (Å²) in [4.78, 5) is 15.3. The van der Waals surface area contributed by atoms with E-state index in [0.717, 1.165) is 22.0 Å². The lowest BCUT2D eigenvalue weighted by molar-refractivity contribution is -0.143. The summed E-state index contributed by atoms with van der Waals surface area (Å²) >= 11 is 2.36. The fourth-order valence-corrected chi connectivity index (χ4v) is 4.34. The molecule has 0 saturated heterocycles. The molecule has 0 aromatic heterocycles. The number of benzene rings is 2. The largest absolute Gasteiger partial charge is 0.364 e. The van der Waals surface area contributed by atoms with Crippen LogP contribution >= 0.6 is 22.6 Å². The topological polar surface area (TPSA) is 29.5 Å². The van der Waals surface area contributed by atoms with E-state index in [-0.39, 0.29) is 5.91 Å². The van der Waals surface area contributed by atoms with Crippen molar-refractivity contribution in [2.24, 2.45) is 0 Å². The summed E-state index contributed by atoms with van der Waals surface area (Å²) in [6, 6.07) is 18.4. The van der Waals surface area contributed by atoms with Gasteiger partial charge in [-0.25, -0.2) is 0 Å². The van der Waals surface area contributed by atoms with E-state index in [2.05, 4.69) is 46.9 Å². The number of halogens is 1. The highest BCUT2D eigenvalue weighted by molar-refractivity contribution is 14.1. The van der Waals surface area contributed by atoms with E-state index < -0.39 is 5.41 Å². The Balaban J connectivity index is 2.24. The molecule has 23 heavy (non-hydrogen) atoms. The molecular weight excluding hydrogens is 401 g/mol. The third kappa shape index (κ3) is 2.78. The van der Waals surface area contributed by atoms with Crippen LogP contribution in [0.4, 0.5) is 0 Å². The summed E-state index contributed by atoms with van der Waals surface area (Å²) in [5, 5.41) is 0. The molecule has 3 nitrogen and oxygen atoms in total. The summed E-state index contributed by atoms with van der Waals surface area (Å²) in [5.41, 5.74) is 2.79. The van der Waals surface area contributed by atoms with Crippen molar-refractivity contribution in [2.75, 3.05) is 18.3 Å². The molecule has 0 aliphatic carbocycles. The van der Waals surface area contributed by atoms with Crippen molar-refractivity contribution in [3.8, 4) is 0 Å². The summed E-state index contributed by atoms with van der Waals surface area (Å²) in [6.07, 6.45) is 0.785.